The lowest BCUT2D eigenvalue weighted by atomic mass is 10.1. The molecule has 0 aromatic heterocycles. The van der Waals surface area contributed by atoms with E-state index in [1.807, 2.05) is 42.5 Å². The minimum absolute atomic E-state index is 0.202. The number of nitrogens with one attached hydrogen (secondary N) is 1. The van der Waals surface area contributed by atoms with E-state index in [1.165, 1.54) is 6.07 Å². The van der Waals surface area contributed by atoms with Gasteiger partial charge >= 0.3 is 0 Å². The van der Waals surface area contributed by atoms with Gasteiger partial charge < -0.3 is 0 Å². The molecule has 3 aromatic carbocycles. The summed E-state index contributed by atoms with van der Waals surface area (Å²) in [4.78, 5) is 0.202. The lowest BCUT2D eigenvalue weighted by molar-refractivity contribution is 0.599. The summed E-state index contributed by atoms with van der Waals surface area (Å²) < 4.78 is 27.7. The summed E-state index contributed by atoms with van der Waals surface area (Å²) >= 11 is 0. The van der Waals surface area contributed by atoms with Crippen LogP contribution in [0.25, 0.3) is 10.8 Å². The van der Waals surface area contributed by atoms with E-state index in [2.05, 4.69) is 14.9 Å². The predicted octanol–water partition coefficient (Wildman–Crippen LogP) is 2.91. The number of fused-ring (bicyclic) bond motifs is 2. The Bertz CT molecular complexity index is 1100. The van der Waals surface area contributed by atoms with Gasteiger partial charge in [0.2, 0.25) is 0 Å². The average Bonchev–Trinajstić information content (AvgIpc) is 2.86. The molecular formula is C18H13N3O2S. The third-order valence-corrected chi connectivity index (χ3v) is 5.16. The highest BCUT2D eigenvalue weighted by molar-refractivity contribution is 7.90. The van der Waals surface area contributed by atoms with E-state index in [9.17, 15) is 8.42 Å². The molecule has 0 radical (unpaired) electrons. The molecule has 0 amide bonds. The minimum atomic E-state index is -3.63. The number of hydrogen-bond donors (Lipinski definition) is 1. The van der Waals surface area contributed by atoms with Crippen molar-refractivity contribution in [1.29, 1.82) is 0 Å². The van der Waals surface area contributed by atoms with Crippen LogP contribution in [0.3, 0.4) is 0 Å². The fourth-order valence-electron chi connectivity index (χ4n) is 2.71. The van der Waals surface area contributed by atoms with Gasteiger partial charge in [0.15, 0.2) is 5.84 Å². The summed E-state index contributed by atoms with van der Waals surface area (Å²) in [5.74, 6) is 0.238. The normalized spacial score (nSPS) is 15.4. The van der Waals surface area contributed by atoms with Crippen molar-refractivity contribution in [3.05, 3.63) is 77.9 Å². The average molecular weight is 335 g/mol. The molecule has 1 heterocycles. The molecule has 0 unspecified atom stereocenters. The summed E-state index contributed by atoms with van der Waals surface area (Å²) in [6, 6.07) is 20.6. The van der Waals surface area contributed by atoms with Crippen molar-refractivity contribution in [2.45, 2.75) is 4.90 Å². The fourth-order valence-corrected chi connectivity index (χ4v) is 3.88. The van der Waals surface area contributed by atoms with Gasteiger partial charge in [-0.15, -0.1) is 4.40 Å². The molecule has 0 fully saturated rings. The molecule has 0 atom stereocenters. The monoisotopic (exact) mass is 335 g/mol. The van der Waals surface area contributed by atoms with Crippen molar-refractivity contribution in [1.82, 2.24) is 5.43 Å². The van der Waals surface area contributed by atoms with Crippen LogP contribution in [0.15, 0.2) is 81.1 Å². The van der Waals surface area contributed by atoms with E-state index < -0.39 is 10.0 Å². The van der Waals surface area contributed by atoms with Crippen LogP contribution in [-0.4, -0.2) is 20.5 Å². The maximum Gasteiger partial charge on any atom is 0.285 e. The van der Waals surface area contributed by atoms with E-state index in [0.717, 1.165) is 16.3 Å². The second kappa shape index (κ2) is 5.58. The number of rotatable bonds is 2. The Morgan fingerprint density at radius 2 is 1.67 bits per heavy atom. The van der Waals surface area contributed by atoms with Gasteiger partial charge in [-0.25, -0.2) is 0 Å². The lowest BCUT2D eigenvalue weighted by Crippen LogP contribution is -2.17. The third-order valence-electron chi connectivity index (χ3n) is 3.83. The number of sulfonamides is 1. The Kier molecular flexibility index (Phi) is 3.39. The van der Waals surface area contributed by atoms with Crippen LogP contribution in [0.2, 0.25) is 0 Å². The van der Waals surface area contributed by atoms with Crippen LogP contribution in [-0.2, 0) is 10.0 Å². The summed E-state index contributed by atoms with van der Waals surface area (Å²) in [6.07, 6.45) is 1.67. The number of benzene rings is 3. The zero-order valence-corrected chi connectivity index (χ0v) is 13.4. The minimum Gasteiger partial charge on any atom is -0.260 e. The zero-order valence-electron chi connectivity index (χ0n) is 12.5. The molecule has 1 aliphatic heterocycles. The first-order valence-electron chi connectivity index (χ1n) is 7.36. The van der Waals surface area contributed by atoms with Gasteiger partial charge in [0, 0.05) is 11.1 Å². The van der Waals surface area contributed by atoms with Gasteiger partial charge in [-0.1, -0.05) is 54.6 Å². The van der Waals surface area contributed by atoms with Crippen molar-refractivity contribution in [2.24, 2.45) is 9.50 Å². The first-order valence-corrected chi connectivity index (χ1v) is 8.80. The maximum atomic E-state index is 12.0. The SMILES string of the molecule is O=S1(=O)N=C(N/N=C/c2cccc3ccccc23)c2ccccc21. The Labute approximate surface area is 139 Å². The lowest BCUT2D eigenvalue weighted by Gasteiger charge is -2.02. The van der Waals surface area contributed by atoms with Crippen molar-refractivity contribution in [3.63, 3.8) is 0 Å². The number of nitrogens with zero attached hydrogens (tertiary/aromatic N) is 2. The van der Waals surface area contributed by atoms with Crippen LogP contribution in [0, 0.1) is 0 Å². The van der Waals surface area contributed by atoms with Crippen LogP contribution in [0.4, 0.5) is 0 Å². The number of hydrazone groups is 1. The molecule has 0 saturated heterocycles. The molecule has 1 aliphatic rings. The van der Waals surface area contributed by atoms with Crippen molar-refractivity contribution in [3.8, 4) is 0 Å². The largest absolute Gasteiger partial charge is 0.285 e. The van der Waals surface area contributed by atoms with Gasteiger partial charge in [0.25, 0.3) is 10.0 Å². The summed E-state index contributed by atoms with van der Waals surface area (Å²) in [7, 11) is -3.63. The highest BCUT2D eigenvalue weighted by Gasteiger charge is 2.28. The van der Waals surface area contributed by atoms with Crippen LogP contribution < -0.4 is 5.43 Å². The van der Waals surface area contributed by atoms with Crippen molar-refractivity contribution in [2.75, 3.05) is 0 Å². The first-order chi connectivity index (χ1) is 11.6. The quantitative estimate of drug-likeness (QED) is 0.578. The van der Waals surface area contributed by atoms with Crippen molar-refractivity contribution >= 4 is 32.8 Å². The molecule has 0 bridgehead atoms. The molecule has 0 spiro atoms. The van der Waals surface area contributed by atoms with E-state index in [-0.39, 0.29) is 10.7 Å². The maximum absolute atomic E-state index is 12.0. The summed E-state index contributed by atoms with van der Waals surface area (Å²) in [5.41, 5.74) is 4.22. The summed E-state index contributed by atoms with van der Waals surface area (Å²) in [6.45, 7) is 0. The Hall–Kier alpha value is -2.99. The highest BCUT2D eigenvalue weighted by Crippen LogP contribution is 2.24. The van der Waals surface area contributed by atoms with Gasteiger partial charge in [0.1, 0.15) is 4.90 Å². The molecule has 118 valence electrons. The second-order valence-corrected chi connectivity index (χ2v) is 6.92. The van der Waals surface area contributed by atoms with Crippen LogP contribution in [0.5, 0.6) is 0 Å². The van der Waals surface area contributed by atoms with E-state index >= 15 is 0 Å². The fraction of sp³-hybridized carbons (Fsp3) is 0. The highest BCUT2D eigenvalue weighted by atomic mass is 32.2. The topological polar surface area (TPSA) is 70.9 Å². The molecule has 0 aliphatic carbocycles. The standard InChI is InChI=1S/C18H13N3O2S/c22-24(23)17-11-4-3-10-16(17)18(21-24)20-19-12-14-8-5-7-13-6-1-2-9-15(13)14/h1-12H,(H,20,21)/b19-12+. The van der Waals surface area contributed by atoms with Crippen molar-refractivity contribution < 1.29 is 8.42 Å². The van der Waals surface area contributed by atoms with Crippen LogP contribution in [0.1, 0.15) is 11.1 Å². The molecule has 5 nitrogen and oxygen atoms in total. The molecule has 3 aromatic rings. The van der Waals surface area contributed by atoms with E-state index in [4.69, 9.17) is 0 Å². The molecule has 24 heavy (non-hydrogen) atoms. The first kappa shape index (κ1) is 14.6. The number of amidine groups is 1. The molecule has 1 N–H and O–H groups in total. The Balaban J connectivity index is 1.65. The zero-order chi connectivity index (χ0) is 16.6. The summed E-state index contributed by atoms with van der Waals surface area (Å²) in [5, 5.41) is 6.36. The molecule has 6 heteroatoms. The van der Waals surface area contributed by atoms with Gasteiger partial charge in [-0.2, -0.15) is 13.5 Å². The van der Waals surface area contributed by atoms with Gasteiger partial charge in [-0.05, 0) is 22.9 Å². The van der Waals surface area contributed by atoms with Gasteiger partial charge in [-0.3, -0.25) is 5.43 Å². The van der Waals surface area contributed by atoms with Crippen LogP contribution >= 0.6 is 0 Å². The van der Waals surface area contributed by atoms with E-state index in [1.54, 1.807) is 24.4 Å². The predicted molar refractivity (Wildman–Crippen MR) is 94.8 cm³/mol. The Morgan fingerprint density at radius 3 is 2.58 bits per heavy atom. The Morgan fingerprint density at radius 1 is 0.917 bits per heavy atom. The second-order valence-electron chi connectivity index (χ2n) is 5.35. The number of hydrogen-bond acceptors (Lipinski definition) is 4. The molecule has 4 rings (SSSR count). The molecule has 0 saturated carbocycles. The third kappa shape index (κ3) is 2.47. The smallest absolute Gasteiger partial charge is 0.260 e. The van der Waals surface area contributed by atoms with E-state index in [0.29, 0.717) is 5.56 Å². The van der Waals surface area contributed by atoms with Gasteiger partial charge in [0.05, 0.1) is 6.21 Å². The molecular weight excluding hydrogens is 322 g/mol.